The van der Waals surface area contributed by atoms with E-state index in [-0.39, 0.29) is 34.8 Å². The fraction of sp³-hybridized carbons (Fsp3) is 0.211. The molecule has 2 heterocycles. The topological polar surface area (TPSA) is 96.2 Å². The zero-order valence-electron chi connectivity index (χ0n) is 15.2. The van der Waals surface area contributed by atoms with Crippen LogP contribution in [-0.4, -0.2) is 42.0 Å². The van der Waals surface area contributed by atoms with Gasteiger partial charge in [-0.2, -0.15) is 0 Å². The molecule has 9 heteroatoms. The molecule has 1 N–H and O–H groups in total. The number of halogens is 2. The summed E-state index contributed by atoms with van der Waals surface area (Å²) in [5, 5.41) is 6.98. The number of methoxy groups -OCH3 is 1. The van der Waals surface area contributed by atoms with Crippen LogP contribution in [0.25, 0.3) is 11.1 Å². The highest BCUT2D eigenvalue weighted by molar-refractivity contribution is 6.03. The number of pyridine rings is 2. The van der Waals surface area contributed by atoms with Gasteiger partial charge in [0.2, 0.25) is 0 Å². The lowest BCUT2D eigenvalue weighted by Gasteiger charge is -2.20. The van der Waals surface area contributed by atoms with Crippen LogP contribution in [0.1, 0.15) is 29.4 Å². The SMILES string of the molecule is CCN(C(=O)C=CC=N)c1cc(-c2cc(C(F)F)ncc2OC)c(C=O)cn1. The van der Waals surface area contributed by atoms with E-state index in [9.17, 15) is 18.4 Å². The fourth-order valence-corrected chi connectivity index (χ4v) is 2.53. The Bertz CT molecular complexity index is 916. The Hall–Kier alpha value is -3.49. The molecule has 28 heavy (non-hydrogen) atoms. The number of hydrogen-bond acceptors (Lipinski definition) is 6. The number of nitrogens with one attached hydrogen (secondary N) is 1. The predicted octanol–water partition coefficient (Wildman–Crippen LogP) is 3.46. The van der Waals surface area contributed by atoms with Crippen molar-refractivity contribution in [3.8, 4) is 16.9 Å². The summed E-state index contributed by atoms with van der Waals surface area (Å²) in [6, 6.07) is 2.60. The molecule has 2 aromatic heterocycles. The van der Waals surface area contributed by atoms with E-state index >= 15 is 0 Å². The Morgan fingerprint density at radius 1 is 1.29 bits per heavy atom. The maximum Gasteiger partial charge on any atom is 0.280 e. The summed E-state index contributed by atoms with van der Waals surface area (Å²) in [5.41, 5.74) is 0.191. The van der Waals surface area contributed by atoms with Gasteiger partial charge in [0.05, 0.1) is 13.3 Å². The van der Waals surface area contributed by atoms with Crippen molar-refractivity contribution in [1.29, 1.82) is 5.41 Å². The Kier molecular flexibility index (Phi) is 7.02. The zero-order chi connectivity index (χ0) is 20.7. The van der Waals surface area contributed by atoms with Crippen molar-refractivity contribution >= 4 is 24.2 Å². The van der Waals surface area contributed by atoms with Crippen molar-refractivity contribution < 1.29 is 23.1 Å². The standard InChI is InChI=1S/C19H18F2N4O3/c1-3-25(18(27)5-4-6-22)17-8-13(12(11-26)9-24-17)14-7-15(19(20)21)23-10-16(14)28-2/h4-11,19,22H,3H2,1-2H3. The van der Waals surface area contributed by atoms with Gasteiger partial charge in [-0.3, -0.25) is 19.5 Å². The lowest BCUT2D eigenvalue weighted by atomic mass is 10.0. The summed E-state index contributed by atoms with van der Waals surface area (Å²) in [6.07, 6.45) is 3.59. The molecule has 0 saturated carbocycles. The first-order valence-corrected chi connectivity index (χ1v) is 8.23. The van der Waals surface area contributed by atoms with E-state index in [1.54, 1.807) is 6.92 Å². The van der Waals surface area contributed by atoms with Gasteiger partial charge in [-0.1, -0.05) is 0 Å². The predicted molar refractivity (Wildman–Crippen MR) is 100 cm³/mol. The van der Waals surface area contributed by atoms with E-state index in [4.69, 9.17) is 10.1 Å². The number of rotatable bonds is 8. The van der Waals surface area contributed by atoms with E-state index in [1.807, 2.05) is 0 Å². The van der Waals surface area contributed by atoms with Crippen LogP contribution in [0.4, 0.5) is 14.6 Å². The van der Waals surface area contributed by atoms with E-state index in [1.165, 1.54) is 36.4 Å². The summed E-state index contributed by atoms with van der Waals surface area (Å²) in [4.78, 5) is 32.9. The van der Waals surface area contributed by atoms with Crippen molar-refractivity contribution in [2.45, 2.75) is 13.3 Å². The molecule has 0 aliphatic rings. The number of aldehydes is 1. The van der Waals surface area contributed by atoms with E-state index in [2.05, 4.69) is 9.97 Å². The van der Waals surface area contributed by atoms with E-state index < -0.39 is 18.0 Å². The molecule has 0 unspecified atom stereocenters. The molecule has 0 bridgehead atoms. The van der Waals surface area contributed by atoms with Gasteiger partial charge in [0, 0.05) is 41.7 Å². The van der Waals surface area contributed by atoms with Gasteiger partial charge >= 0.3 is 0 Å². The van der Waals surface area contributed by atoms with Gasteiger partial charge in [0.1, 0.15) is 17.3 Å². The highest BCUT2D eigenvalue weighted by atomic mass is 19.3. The molecular weight excluding hydrogens is 370 g/mol. The van der Waals surface area contributed by atoms with Crippen molar-refractivity contribution in [3.63, 3.8) is 0 Å². The fourth-order valence-electron chi connectivity index (χ4n) is 2.53. The molecule has 2 rings (SSSR count). The van der Waals surface area contributed by atoms with Crippen LogP contribution in [0.15, 0.2) is 36.7 Å². The number of carbonyl (C=O) groups is 2. The second-order valence-corrected chi connectivity index (χ2v) is 5.47. The smallest absolute Gasteiger partial charge is 0.280 e. The maximum absolute atomic E-state index is 13.1. The molecule has 0 spiro atoms. The average molecular weight is 388 g/mol. The first-order chi connectivity index (χ1) is 13.5. The van der Waals surface area contributed by atoms with Crippen molar-refractivity contribution in [3.05, 3.63) is 47.9 Å². The third kappa shape index (κ3) is 4.43. The zero-order valence-corrected chi connectivity index (χ0v) is 15.2. The normalized spacial score (nSPS) is 10.9. The van der Waals surface area contributed by atoms with Gasteiger partial charge in [-0.25, -0.2) is 13.8 Å². The highest BCUT2D eigenvalue weighted by Gasteiger charge is 2.20. The second kappa shape index (κ2) is 9.45. The van der Waals surface area contributed by atoms with E-state index in [0.717, 1.165) is 18.5 Å². The average Bonchev–Trinajstić information content (AvgIpc) is 2.72. The number of anilines is 1. The number of likely N-dealkylation sites (N-methyl/N-ethyl adjacent to an activating group) is 1. The summed E-state index contributed by atoms with van der Waals surface area (Å²) in [5.74, 6) is 0.00110. The molecule has 0 aromatic carbocycles. The van der Waals surface area contributed by atoms with Crippen LogP contribution in [-0.2, 0) is 4.79 Å². The first-order valence-electron chi connectivity index (χ1n) is 8.23. The van der Waals surface area contributed by atoms with Gasteiger partial charge in [0.25, 0.3) is 12.3 Å². The first kappa shape index (κ1) is 20.8. The van der Waals surface area contributed by atoms with Crippen LogP contribution in [0.5, 0.6) is 5.75 Å². The molecule has 0 saturated heterocycles. The number of allylic oxidation sites excluding steroid dienone is 1. The van der Waals surface area contributed by atoms with Gasteiger partial charge in [0.15, 0.2) is 6.29 Å². The van der Waals surface area contributed by atoms with Gasteiger partial charge < -0.3 is 10.1 Å². The largest absolute Gasteiger partial charge is 0.494 e. The van der Waals surface area contributed by atoms with Crippen molar-refractivity contribution in [1.82, 2.24) is 9.97 Å². The highest BCUT2D eigenvalue weighted by Crippen LogP contribution is 2.35. The maximum atomic E-state index is 13.1. The minimum absolute atomic E-state index is 0.145. The number of ether oxygens (including phenoxy) is 1. The third-order valence-electron chi connectivity index (χ3n) is 3.86. The molecule has 0 radical (unpaired) electrons. The Labute approximate surface area is 160 Å². The Balaban J connectivity index is 2.65. The number of nitrogens with zero attached hydrogens (tertiary/aromatic N) is 3. The summed E-state index contributed by atoms with van der Waals surface area (Å²) < 4.78 is 31.4. The van der Waals surface area contributed by atoms with Crippen LogP contribution in [0, 0.1) is 5.41 Å². The molecule has 2 aromatic rings. The van der Waals surface area contributed by atoms with Gasteiger partial charge in [-0.15, -0.1) is 0 Å². The molecule has 0 fully saturated rings. The summed E-state index contributed by atoms with van der Waals surface area (Å²) >= 11 is 0. The summed E-state index contributed by atoms with van der Waals surface area (Å²) in [6.45, 7) is 2.00. The molecule has 7 nitrogen and oxygen atoms in total. The summed E-state index contributed by atoms with van der Waals surface area (Å²) in [7, 11) is 1.36. The van der Waals surface area contributed by atoms with Crippen LogP contribution in [0.3, 0.4) is 0 Å². The lowest BCUT2D eigenvalue weighted by Crippen LogP contribution is -2.29. The molecule has 0 atom stereocenters. The third-order valence-corrected chi connectivity index (χ3v) is 3.86. The number of amides is 1. The minimum atomic E-state index is -2.80. The van der Waals surface area contributed by atoms with Crippen molar-refractivity contribution in [2.24, 2.45) is 0 Å². The van der Waals surface area contributed by atoms with Gasteiger partial charge in [-0.05, 0) is 25.1 Å². The minimum Gasteiger partial charge on any atom is -0.494 e. The number of aromatic nitrogens is 2. The Morgan fingerprint density at radius 3 is 2.61 bits per heavy atom. The van der Waals surface area contributed by atoms with Crippen LogP contribution >= 0.6 is 0 Å². The molecule has 0 aliphatic carbocycles. The molecule has 1 amide bonds. The van der Waals surface area contributed by atoms with Crippen LogP contribution < -0.4 is 9.64 Å². The van der Waals surface area contributed by atoms with Crippen LogP contribution in [0.2, 0.25) is 0 Å². The monoisotopic (exact) mass is 388 g/mol. The number of alkyl halides is 2. The van der Waals surface area contributed by atoms with E-state index in [0.29, 0.717) is 6.29 Å². The molecule has 146 valence electrons. The van der Waals surface area contributed by atoms with Crippen molar-refractivity contribution in [2.75, 3.05) is 18.6 Å². The number of hydrogen-bond donors (Lipinski definition) is 1. The Morgan fingerprint density at radius 2 is 2.04 bits per heavy atom. The second-order valence-electron chi connectivity index (χ2n) is 5.47. The molecular formula is C19H18F2N4O3. The quantitative estimate of drug-likeness (QED) is 0.424. The number of carbonyl (C=O) groups excluding carboxylic acids is 2. The molecule has 0 aliphatic heterocycles. The lowest BCUT2D eigenvalue weighted by molar-refractivity contribution is -0.114.